The summed E-state index contributed by atoms with van der Waals surface area (Å²) in [7, 11) is 1.25. The maximum atomic E-state index is 14.1. The van der Waals surface area contributed by atoms with Crippen molar-refractivity contribution < 1.29 is 37.8 Å². The summed E-state index contributed by atoms with van der Waals surface area (Å²) in [4.78, 5) is 49.1. The summed E-state index contributed by atoms with van der Waals surface area (Å²) >= 11 is 0. The van der Waals surface area contributed by atoms with E-state index in [-0.39, 0.29) is 48.3 Å². The molecule has 2 amide bonds. The van der Waals surface area contributed by atoms with Gasteiger partial charge >= 0.3 is 5.97 Å². The highest BCUT2D eigenvalue weighted by Gasteiger charge is 2.61. The summed E-state index contributed by atoms with van der Waals surface area (Å²) in [5.41, 5.74) is 0.628. The number of rotatable bonds is 7. The highest BCUT2D eigenvalue weighted by Crippen LogP contribution is 2.59. The third kappa shape index (κ3) is 4.67. The number of para-hydroxylation sites is 1. The Bertz CT molecular complexity index is 1930. The third-order valence-corrected chi connectivity index (χ3v) is 9.73. The molecule has 3 aliphatic rings. The lowest BCUT2D eigenvalue weighted by molar-refractivity contribution is -0.143. The Kier molecular flexibility index (Phi) is 7.54. The van der Waals surface area contributed by atoms with Crippen LogP contribution in [0, 0.1) is 5.92 Å². The molecule has 4 atom stereocenters. The van der Waals surface area contributed by atoms with Crippen LogP contribution in [-0.4, -0.2) is 57.8 Å². The number of ether oxygens (including phenoxy) is 2. The van der Waals surface area contributed by atoms with E-state index >= 15 is 0 Å². The van der Waals surface area contributed by atoms with E-state index < -0.39 is 47.1 Å². The number of carbonyl (C=O) groups is 3. The number of hydrogen-bond donors (Lipinski definition) is 4. The maximum absolute atomic E-state index is 14.1. The molecule has 2 aromatic heterocycles. The second kappa shape index (κ2) is 11.5. The van der Waals surface area contributed by atoms with Gasteiger partial charge in [-0.25, -0.2) is 14.8 Å². The monoisotopic (exact) mass is 655 g/mol. The van der Waals surface area contributed by atoms with Crippen LogP contribution in [0.1, 0.15) is 85.4 Å². The minimum atomic E-state index is -1.63. The number of benzene rings is 2. The summed E-state index contributed by atoms with van der Waals surface area (Å²) in [6, 6.07) is 11.6. The van der Waals surface area contributed by atoms with Gasteiger partial charge in [0.2, 0.25) is 17.7 Å². The zero-order valence-electron chi connectivity index (χ0n) is 27.2. The van der Waals surface area contributed by atoms with E-state index in [1.807, 2.05) is 56.3 Å². The van der Waals surface area contributed by atoms with E-state index in [2.05, 4.69) is 20.9 Å². The van der Waals surface area contributed by atoms with E-state index in [0.717, 1.165) is 22.4 Å². The summed E-state index contributed by atoms with van der Waals surface area (Å²) in [6.45, 7) is 7.27. The van der Waals surface area contributed by atoms with E-state index in [1.54, 1.807) is 13.8 Å². The molecule has 4 N–H and O–H groups in total. The first-order valence-electron chi connectivity index (χ1n) is 16.1. The van der Waals surface area contributed by atoms with Crippen molar-refractivity contribution >= 4 is 23.5 Å². The van der Waals surface area contributed by atoms with Crippen molar-refractivity contribution in [2.75, 3.05) is 12.4 Å². The predicted molar refractivity (Wildman–Crippen MR) is 171 cm³/mol. The molecule has 0 radical (unpaired) electrons. The highest BCUT2D eigenvalue weighted by atomic mass is 16.5. The number of amides is 2. The molecule has 1 unspecified atom stereocenters. The Morgan fingerprint density at radius 2 is 1.90 bits per heavy atom. The largest absolute Gasteiger partial charge is 0.469 e. The summed E-state index contributed by atoms with van der Waals surface area (Å²) in [6.07, 6.45) is 1.04. The molecule has 1 spiro atoms. The standard InChI is InChI=1S/C35H37N5O8/c1-6-34(44,7-2)32(43)37-22-15-18-12-13-24-20(14-18)35(19-10-8-9-11-21(19)38-33(35)47-24)27-26(29-36-23(16-46-29)31(42)45-5)40-30(48-27)25(17(3)4)39-28(22)41/h8-14,16-17,22,25,33,38,44H,6-7,15H2,1-5H3,(H,37,43)(H,39,41)/t22-,25-,33-,35?/m0/s1. The molecule has 4 aromatic rings. The van der Waals surface area contributed by atoms with Crippen molar-refractivity contribution in [3.05, 3.63) is 82.8 Å². The lowest BCUT2D eigenvalue weighted by atomic mass is 9.72. The third-order valence-electron chi connectivity index (χ3n) is 9.73. The number of hydrogen-bond acceptors (Lipinski definition) is 11. The molecule has 5 heterocycles. The van der Waals surface area contributed by atoms with Gasteiger partial charge in [-0.15, -0.1) is 0 Å². The van der Waals surface area contributed by atoms with Crippen LogP contribution in [0.25, 0.3) is 11.6 Å². The van der Waals surface area contributed by atoms with Gasteiger partial charge in [-0.3, -0.25) is 9.59 Å². The Morgan fingerprint density at radius 1 is 1.12 bits per heavy atom. The number of carbonyl (C=O) groups excluding carboxylic acids is 3. The van der Waals surface area contributed by atoms with Crippen LogP contribution in [0.15, 0.2) is 57.6 Å². The summed E-state index contributed by atoms with van der Waals surface area (Å²) in [5, 5.41) is 20.4. The maximum Gasteiger partial charge on any atom is 0.360 e. The zero-order valence-corrected chi connectivity index (χ0v) is 27.2. The van der Waals surface area contributed by atoms with Gasteiger partial charge in [0.25, 0.3) is 5.91 Å². The van der Waals surface area contributed by atoms with Crippen molar-refractivity contribution in [1.82, 2.24) is 20.6 Å². The molecule has 0 saturated carbocycles. The van der Waals surface area contributed by atoms with Crippen molar-refractivity contribution in [3.63, 3.8) is 0 Å². The zero-order chi connectivity index (χ0) is 34.0. The first kappa shape index (κ1) is 31.4. The van der Waals surface area contributed by atoms with Crippen LogP contribution in [0.5, 0.6) is 5.75 Å². The molecular weight excluding hydrogens is 618 g/mol. The van der Waals surface area contributed by atoms with Crippen LogP contribution in [0.3, 0.4) is 0 Å². The van der Waals surface area contributed by atoms with Gasteiger partial charge < -0.3 is 39.4 Å². The fourth-order valence-electron chi connectivity index (χ4n) is 6.89. The Labute approximate surface area is 276 Å². The Balaban J connectivity index is 1.47. The molecule has 3 aliphatic heterocycles. The number of aromatic nitrogens is 2. The SMILES string of the molecule is CCC(O)(CC)C(=O)N[C@H]1Cc2ccc3c(c2)C2(c4ccccc4N[C@H]2O3)c2oc(nc2-c2nc(C(=O)OC)co2)[C@H](C(C)C)NC1=O. The van der Waals surface area contributed by atoms with Crippen molar-refractivity contribution in [1.29, 1.82) is 0 Å². The molecule has 0 fully saturated rings. The fourth-order valence-corrected chi connectivity index (χ4v) is 6.89. The molecule has 2 aromatic carbocycles. The molecule has 4 bridgehead atoms. The predicted octanol–water partition coefficient (Wildman–Crippen LogP) is 4.00. The second-order valence-corrected chi connectivity index (χ2v) is 12.8. The molecule has 13 nitrogen and oxygen atoms in total. The topological polar surface area (TPSA) is 178 Å². The Hall–Kier alpha value is -5.17. The molecule has 250 valence electrons. The number of anilines is 1. The van der Waals surface area contributed by atoms with Gasteiger partial charge in [-0.05, 0) is 42.0 Å². The van der Waals surface area contributed by atoms with Crippen LogP contribution in [-0.2, 0) is 26.2 Å². The van der Waals surface area contributed by atoms with Gasteiger partial charge in [0.1, 0.15) is 35.1 Å². The van der Waals surface area contributed by atoms with Gasteiger partial charge in [-0.2, -0.15) is 0 Å². The number of methoxy groups -OCH3 is 1. The minimum Gasteiger partial charge on any atom is -0.469 e. The molecule has 0 saturated heterocycles. The molecule has 7 rings (SSSR count). The smallest absolute Gasteiger partial charge is 0.360 e. The van der Waals surface area contributed by atoms with Gasteiger partial charge in [0, 0.05) is 17.7 Å². The van der Waals surface area contributed by atoms with E-state index in [0.29, 0.717) is 11.5 Å². The normalized spacial score (nSPS) is 22.4. The van der Waals surface area contributed by atoms with Gasteiger partial charge in [0.15, 0.2) is 23.4 Å². The molecule has 48 heavy (non-hydrogen) atoms. The number of fused-ring (bicyclic) bond motifs is 4. The first-order chi connectivity index (χ1) is 23.0. The number of nitrogens with zero attached hydrogens (tertiary/aromatic N) is 2. The van der Waals surface area contributed by atoms with Crippen molar-refractivity contribution in [3.8, 4) is 17.3 Å². The van der Waals surface area contributed by atoms with Crippen molar-refractivity contribution in [2.24, 2.45) is 5.92 Å². The van der Waals surface area contributed by atoms with Crippen LogP contribution < -0.4 is 20.7 Å². The highest BCUT2D eigenvalue weighted by molar-refractivity contribution is 5.92. The minimum absolute atomic E-state index is 0.0229. The quantitative estimate of drug-likeness (QED) is 0.212. The molecular formula is C35H37N5O8. The van der Waals surface area contributed by atoms with E-state index in [1.165, 1.54) is 13.4 Å². The summed E-state index contributed by atoms with van der Waals surface area (Å²) < 4.78 is 24.0. The lowest BCUT2D eigenvalue weighted by Gasteiger charge is -2.30. The number of oxazole rings is 2. The van der Waals surface area contributed by atoms with Crippen molar-refractivity contribution in [2.45, 2.75) is 76.3 Å². The first-order valence-corrected chi connectivity index (χ1v) is 16.1. The summed E-state index contributed by atoms with van der Waals surface area (Å²) in [5.74, 6) is -0.852. The van der Waals surface area contributed by atoms with Gasteiger partial charge in [-0.1, -0.05) is 58.0 Å². The fraction of sp³-hybridized carbons (Fsp3) is 0.400. The number of nitrogens with one attached hydrogen (secondary N) is 3. The lowest BCUT2D eigenvalue weighted by Crippen LogP contribution is -2.55. The Morgan fingerprint density at radius 3 is 2.62 bits per heavy atom. The van der Waals surface area contributed by atoms with Crippen LogP contribution >= 0.6 is 0 Å². The molecule has 13 heteroatoms. The van der Waals surface area contributed by atoms with E-state index in [4.69, 9.17) is 23.3 Å². The second-order valence-electron chi connectivity index (χ2n) is 12.8. The van der Waals surface area contributed by atoms with Crippen LogP contribution in [0.2, 0.25) is 0 Å². The average Bonchev–Trinajstić information content (AvgIpc) is 3.86. The van der Waals surface area contributed by atoms with E-state index in [9.17, 15) is 19.5 Å². The number of aliphatic hydroxyl groups is 1. The van der Waals surface area contributed by atoms with Crippen LogP contribution in [0.4, 0.5) is 5.69 Å². The van der Waals surface area contributed by atoms with Gasteiger partial charge in [0.05, 0.1) is 7.11 Å². The molecule has 0 aliphatic carbocycles. The number of esters is 1. The average molecular weight is 656 g/mol.